The Balaban J connectivity index is 1.09. The first-order chi connectivity index (χ1) is 27.6. The van der Waals surface area contributed by atoms with E-state index in [4.69, 9.17) is 4.74 Å². The summed E-state index contributed by atoms with van der Waals surface area (Å²) >= 11 is 0. The van der Waals surface area contributed by atoms with Crippen molar-refractivity contribution in [1.82, 2.24) is 4.90 Å². The van der Waals surface area contributed by atoms with Gasteiger partial charge in [-0.05, 0) is 169 Å². The van der Waals surface area contributed by atoms with Crippen LogP contribution in [0.1, 0.15) is 221 Å². The molecule has 0 N–H and O–H groups in total. The van der Waals surface area contributed by atoms with Gasteiger partial charge in [-0.15, -0.1) is 0 Å². The molecule has 0 aliphatic heterocycles. The van der Waals surface area contributed by atoms with Crippen molar-refractivity contribution in [3.05, 3.63) is 36.0 Å². The second-order valence-electron chi connectivity index (χ2n) is 21.8. The van der Waals surface area contributed by atoms with E-state index in [9.17, 15) is 0 Å². The fourth-order valence-corrected chi connectivity index (χ4v) is 13.3. The van der Waals surface area contributed by atoms with Crippen LogP contribution in [0.3, 0.4) is 0 Å². The highest BCUT2D eigenvalue weighted by Crippen LogP contribution is 2.66. The van der Waals surface area contributed by atoms with Crippen molar-refractivity contribution in [2.45, 2.75) is 221 Å². The molecule has 0 saturated heterocycles. The molecule has 57 heavy (non-hydrogen) atoms. The van der Waals surface area contributed by atoms with E-state index < -0.39 is 0 Å². The number of fused-ring (bicyclic) bond motifs is 5. The van der Waals surface area contributed by atoms with Crippen LogP contribution in [-0.4, -0.2) is 38.8 Å². The average Bonchev–Trinajstić information content (AvgIpc) is 3.18. The monoisotopic (exact) mass is 790 g/mol. The van der Waals surface area contributed by atoms with E-state index in [0.717, 1.165) is 61.1 Å². The van der Waals surface area contributed by atoms with Gasteiger partial charge in [0.05, 0.1) is 6.61 Å². The molecule has 0 aromatic carbocycles. The molecule has 0 aromatic heterocycles. The third-order valence-corrected chi connectivity index (χ3v) is 16.6. The maximum atomic E-state index is 6.31. The minimum Gasteiger partial charge on any atom is -0.381 e. The average molecular weight is 790 g/mol. The molecular weight excluding hydrogens is 691 g/mol. The Morgan fingerprint density at radius 3 is 2.23 bits per heavy atom. The van der Waals surface area contributed by atoms with Crippen molar-refractivity contribution in [3.63, 3.8) is 0 Å². The predicted molar refractivity (Wildman–Crippen MR) is 252 cm³/mol. The smallest absolute Gasteiger partial charge is 0.0506 e. The summed E-state index contributed by atoms with van der Waals surface area (Å²) in [5.41, 5.74) is 2.99. The van der Waals surface area contributed by atoms with Crippen LogP contribution in [0.15, 0.2) is 36.0 Å². The SMILES string of the molecule is CCCCC/C=C\C/C=C\CCCCCCCCOCC(CCCCC1CCC2(C)C(=CCC3C2CCC2(C)C(C(C)CCCC(C)C)CCCC32)C1)CN(C)C. The highest BCUT2D eigenvalue weighted by Gasteiger charge is 2.57. The lowest BCUT2D eigenvalue weighted by molar-refractivity contribution is -0.108. The summed E-state index contributed by atoms with van der Waals surface area (Å²) in [7, 11) is 4.48. The summed E-state index contributed by atoms with van der Waals surface area (Å²) < 4.78 is 6.31. The topological polar surface area (TPSA) is 12.5 Å². The maximum absolute atomic E-state index is 6.31. The minimum atomic E-state index is 0.493. The van der Waals surface area contributed by atoms with Crippen LogP contribution >= 0.6 is 0 Å². The fraction of sp³-hybridized carbons (Fsp3) is 0.891. The van der Waals surface area contributed by atoms with Gasteiger partial charge < -0.3 is 9.64 Å². The van der Waals surface area contributed by atoms with Crippen molar-refractivity contribution in [1.29, 1.82) is 0 Å². The molecule has 9 atom stereocenters. The third kappa shape index (κ3) is 15.8. The maximum Gasteiger partial charge on any atom is 0.0506 e. The van der Waals surface area contributed by atoms with Crippen molar-refractivity contribution in [2.24, 2.45) is 58.2 Å². The molecule has 4 aliphatic carbocycles. The second kappa shape index (κ2) is 26.5. The zero-order valence-electron chi connectivity index (χ0n) is 39.8. The number of allylic oxidation sites excluding steroid dienone is 6. The minimum absolute atomic E-state index is 0.493. The zero-order valence-corrected chi connectivity index (χ0v) is 39.8. The Kier molecular flexibility index (Phi) is 22.7. The summed E-state index contributed by atoms with van der Waals surface area (Å²) in [5.74, 6) is 7.20. The third-order valence-electron chi connectivity index (χ3n) is 16.6. The molecular formula is C55H99NO. The van der Waals surface area contributed by atoms with E-state index >= 15 is 0 Å². The van der Waals surface area contributed by atoms with Gasteiger partial charge in [0.2, 0.25) is 0 Å². The lowest BCUT2D eigenvalue weighted by Crippen LogP contribution is -2.54. The molecule has 0 spiro atoms. The van der Waals surface area contributed by atoms with Crippen molar-refractivity contribution in [3.8, 4) is 0 Å². The van der Waals surface area contributed by atoms with Crippen molar-refractivity contribution in [2.75, 3.05) is 33.9 Å². The van der Waals surface area contributed by atoms with E-state index in [1.807, 2.05) is 5.57 Å². The second-order valence-corrected chi connectivity index (χ2v) is 21.8. The van der Waals surface area contributed by atoms with Gasteiger partial charge >= 0.3 is 0 Å². The molecule has 0 amide bonds. The quantitative estimate of drug-likeness (QED) is 0.0553. The Labute approximate surface area is 357 Å². The van der Waals surface area contributed by atoms with Gasteiger partial charge in [0.15, 0.2) is 0 Å². The van der Waals surface area contributed by atoms with Crippen LogP contribution in [0.5, 0.6) is 0 Å². The molecule has 3 saturated carbocycles. The van der Waals surface area contributed by atoms with Crippen LogP contribution in [0.25, 0.3) is 0 Å². The molecule has 0 aromatic rings. The molecule has 2 nitrogen and oxygen atoms in total. The first-order valence-electron chi connectivity index (χ1n) is 25.8. The van der Waals surface area contributed by atoms with Gasteiger partial charge in [0.25, 0.3) is 0 Å². The number of unbranched alkanes of at least 4 members (excludes halogenated alkanes) is 10. The van der Waals surface area contributed by atoms with Crippen LogP contribution in [-0.2, 0) is 4.74 Å². The van der Waals surface area contributed by atoms with Crippen molar-refractivity contribution < 1.29 is 4.74 Å². The van der Waals surface area contributed by atoms with Gasteiger partial charge in [-0.25, -0.2) is 0 Å². The van der Waals surface area contributed by atoms with E-state index in [0.29, 0.717) is 16.7 Å². The van der Waals surface area contributed by atoms with E-state index in [1.165, 1.54) is 180 Å². The summed E-state index contributed by atoms with van der Waals surface area (Å²) in [4.78, 5) is 2.38. The van der Waals surface area contributed by atoms with Crippen LogP contribution in [0.4, 0.5) is 0 Å². The number of hydrogen-bond donors (Lipinski definition) is 0. The molecule has 9 unspecified atom stereocenters. The first-order valence-corrected chi connectivity index (χ1v) is 25.8. The molecule has 2 heteroatoms. The Hall–Kier alpha value is -0.860. The fourth-order valence-electron chi connectivity index (χ4n) is 13.3. The van der Waals surface area contributed by atoms with E-state index in [1.54, 1.807) is 0 Å². The molecule has 4 aliphatic rings. The van der Waals surface area contributed by atoms with Gasteiger partial charge in [-0.1, -0.05) is 161 Å². The van der Waals surface area contributed by atoms with Gasteiger partial charge in [0, 0.05) is 13.2 Å². The van der Waals surface area contributed by atoms with Gasteiger partial charge in [-0.3, -0.25) is 0 Å². The molecule has 3 fully saturated rings. The van der Waals surface area contributed by atoms with Crippen molar-refractivity contribution >= 4 is 0 Å². The van der Waals surface area contributed by atoms with Gasteiger partial charge in [-0.2, -0.15) is 0 Å². The van der Waals surface area contributed by atoms with Crippen LogP contribution in [0.2, 0.25) is 0 Å². The molecule has 330 valence electrons. The predicted octanol–water partition coefficient (Wildman–Crippen LogP) is 16.6. The lowest BCUT2D eigenvalue weighted by atomic mass is 9.42. The normalized spacial score (nSPS) is 30.1. The van der Waals surface area contributed by atoms with E-state index in [-0.39, 0.29) is 0 Å². The lowest BCUT2D eigenvalue weighted by Gasteiger charge is -2.62. The number of nitrogens with zero attached hydrogens (tertiary/aromatic N) is 1. The Bertz CT molecular complexity index is 1150. The highest BCUT2D eigenvalue weighted by molar-refractivity contribution is 5.25. The first kappa shape index (κ1) is 48.8. The Morgan fingerprint density at radius 2 is 1.49 bits per heavy atom. The number of hydrogen-bond acceptors (Lipinski definition) is 2. The summed E-state index contributed by atoms with van der Waals surface area (Å²) in [6.07, 6.45) is 51.1. The number of ether oxygens (including phenoxy) is 1. The summed E-state index contributed by atoms with van der Waals surface area (Å²) in [6, 6.07) is 0. The largest absolute Gasteiger partial charge is 0.381 e. The summed E-state index contributed by atoms with van der Waals surface area (Å²) in [5, 5.41) is 0. The number of rotatable bonds is 29. The molecule has 0 radical (unpaired) electrons. The Morgan fingerprint density at radius 1 is 0.754 bits per heavy atom. The van der Waals surface area contributed by atoms with Crippen LogP contribution in [0, 0.1) is 58.2 Å². The highest BCUT2D eigenvalue weighted by atomic mass is 16.5. The van der Waals surface area contributed by atoms with Crippen LogP contribution < -0.4 is 0 Å². The zero-order chi connectivity index (χ0) is 40.9. The molecule has 0 bridgehead atoms. The van der Waals surface area contributed by atoms with Gasteiger partial charge in [0.1, 0.15) is 0 Å². The van der Waals surface area contributed by atoms with E-state index in [2.05, 4.69) is 90.9 Å². The molecule has 4 rings (SSSR count). The summed E-state index contributed by atoms with van der Waals surface area (Å²) in [6.45, 7) is 18.3. The standard InChI is InChI=1S/C55H99NO/c1-9-10-11-12-13-14-15-16-17-18-19-20-21-22-23-26-41-57-44-48(43-56(7)8)32-25-24-31-47-37-39-54(5)49(42-47)35-36-50-52-34-28-33-51(46(4)30-27-29-45(2)3)55(52,6)40-38-53(50)54/h13-14,16-17,35,45-48,50-53H,9-12,15,18-34,36-44H2,1-8H3/b14-13-,17-16-. The molecule has 0 heterocycles.